The van der Waals surface area contributed by atoms with E-state index in [0.717, 1.165) is 25.3 Å². The van der Waals surface area contributed by atoms with Crippen LogP contribution in [0.5, 0.6) is 0 Å². The maximum Gasteiger partial charge on any atom is 0.433 e. The first-order valence-corrected chi connectivity index (χ1v) is 6.64. The number of rotatable bonds is 4. The number of carbonyl (C=O) groups excluding carboxylic acids is 2. The van der Waals surface area contributed by atoms with Gasteiger partial charge in [0.25, 0.3) is 5.91 Å². The molecular formula is C13H16N2O6. The Bertz CT molecular complexity index is 559. The van der Waals surface area contributed by atoms with Crippen molar-refractivity contribution in [1.29, 1.82) is 0 Å². The second-order valence-corrected chi connectivity index (χ2v) is 4.98. The number of nitro groups is 1. The van der Waals surface area contributed by atoms with Gasteiger partial charge in [-0.2, -0.15) is 0 Å². The molecule has 1 aliphatic rings. The zero-order chi connectivity index (χ0) is 15.5. The van der Waals surface area contributed by atoms with Crippen molar-refractivity contribution in [2.75, 3.05) is 7.11 Å². The number of furan rings is 1. The van der Waals surface area contributed by atoms with E-state index in [-0.39, 0.29) is 5.76 Å². The SMILES string of the molecule is COC(=O)C1(NC(=O)c2ccc([N+](=O)[O-])o2)CCCCC1. The van der Waals surface area contributed by atoms with Gasteiger partial charge in [-0.05, 0) is 18.9 Å². The fourth-order valence-corrected chi connectivity index (χ4v) is 2.56. The maximum absolute atomic E-state index is 12.1. The number of nitrogens with one attached hydrogen (secondary N) is 1. The summed E-state index contributed by atoms with van der Waals surface area (Å²) in [6.45, 7) is 0. The summed E-state index contributed by atoms with van der Waals surface area (Å²) in [4.78, 5) is 34.0. The summed E-state index contributed by atoms with van der Waals surface area (Å²) in [5.41, 5.74) is -1.08. The Balaban J connectivity index is 2.17. The standard InChI is InChI=1S/C13H16N2O6/c1-20-12(17)13(7-3-2-4-8-13)14-11(16)9-5-6-10(21-9)15(18)19/h5-6H,2-4,7-8H2,1H3,(H,14,16). The average Bonchev–Trinajstić information content (AvgIpc) is 2.97. The van der Waals surface area contributed by atoms with E-state index in [4.69, 9.17) is 9.15 Å². The van der Waals surface area contributed by atoms with Crippen LogP contribution in [0, 0.1) is 10.1 Å². The second kappa shape index (κ2) is 5.94. The number of hydrogen-bond acceptors (Lipinski definition) is 6. The van der Waals surface area contributed by atoms with Gasteiger partial charge >= 0.3 is 11.9 Å². The minimum atomic E-state index is -1.08. The Labute approximate surface area is 120 Å². The number of amides is 1. The minimum absolute atomic E-state index is 0.199. The normalized spacial score (nSPS) is 17.0. The van der Waals surface area contributed by atoms with Gasteiger partial charge in [0.2, 0.25) is 0 Å². The van der Waals surface area contributed by atoms with Crippen LogP contribution in [0.25, 0.3) is 0 Å². The van der Waals surface area contributed by atoms with E-state index in [0.29, 0.717) is 12.8 Å². The summed E-state index contributed by atoms with van der Waals surface area (Å²) in [7, 11) is 1.27. The van der Waals surface area contributed by atoms with Gasteiger partial charge in [-0.25, -0.2) is 4.79 Å². The zero-order valence-electron chi connectivity index (χ0n) is 11.6. The number of methoxy groups -OCH3 is 1. The highest BCUT2D eigenvalue weighted by Crippen LogP contribution is 2.30. The molecule has 0 aromatic carbocycles. The van der Waals surface area contributed by atoms with Crippen molar-refractivity contribution in [2.24, 2.45) is 0 Å². The zero-order valence-corrected chi connectivity index (χ0v) is 11.6. The summed E-state index contributed by atoms with van der Waals surface area (Å²) in [6.07, 6.45) is 3.55. The number of hydrogen-bond donors (Lipinski definition) is 1. The molecule has 0 atom stereocenters. The smallest absolute Gasteiger partial charge is 0.433 e. The molecule has 21 heavy (non-hydrogen) atoms. The molecule has 0 spiro atoms. The van der Waals surface area contributed by atoms with Crippen LogP contribution >= 0.6 is 0 Å². The predicted octanol–water partition coefficient (Wildman–Crippen LogP) is 1.79. The van der Waals surface area contributed by atoms with E-state index >= 15 is 0 Å². The van der Waals surface area contributed by atoms with E-state index in [2.05, 4.69) is 5.32 Å². The third-order valence-corrected chi connectivity index (χ3v) is 3.63. The average molecular weight is 296 g/mol. The van der Waals surface area contributed by atoms with Crippen LogP contribution in [0.3, 0.4) is 0 Å². The quantitative estimate of drug-likeness (QED) is 0.515. The molecule has 0 aliphatic heterocycles. The topological polar surface area (TPSA) is 112 Å². The first-order valence-electron chi connectivity index (χ1n) is 6.64. The Morgan fingerprint density at radius 3 is 2.52 bits per heavy atom. The van der Waals surface area contributed by atoms with Crippen molar-refractivity contribution in [3.05, 3.63) is 28.0 Å². The van der Waals surface area contributed by atoms with E-state index in [1.54, 1.807) is 0 Å². The van der Waals surface area contributed by atoms with Gasteiger partial charge in [-0.1, -0.05) is 19.3 Å². The number of carbonyl (C=O) groups is 2. The first-order chi connectivity index (χ1) is 9.98. The molecule has 1 aromatic heterocycles. The molecule has 1 aliphatic carbocycles. The van der Waals surface area contributed by atoms with Gasteiger partial charge in [0.1, 0.15) is 10.5 Å². The number of nitrogens with zero attached hydrogens (tertiary/aromatic N) is 1. The van der Waals surface area contributed by atoms with E-state index in [1.165, 1.54) is 13.2 Å². The molecule has 1 heterocycles. The lowest BCUT2D eigenvalue weighted by Crippen LogP contribution is -2.56. The fourth-order valence-electron chi connectivity index (χ4n) is 2.56. The monoisotopic (exact) mass is 296 g/mol. The molecule has 8 nitrogen and oxygen atoms in total. The summed E-state index contributed by atoms with van der Waals surface area (Å²) < 4.78 is 9.62. The Hall–Kier alpha value is -2.38. The van der Waals surface area contributed by atoms with Crippen LogP contribution < -0.4 is 5.32 Å². The molecule has 1 aromatic rings. The largest absolute Gasteiger partial charge is 0.467 e. The van der Waals surface area contributed by atoms with E-state index in [1.807, 2.05) is 0 Å². The lowest BCUT2D eigenvalue weighted by molar-refractivity contribution is -0.402. The van der Waals surface area contributed by atoms with Crippen LogP contribution in [-0.2, 0) is 9.53 Å². The van der Waals surface area contributed by atoms with Crippen molar-refractivity contribution in [3.63, 3.8) is 0 Å². The molecule has 8 heteroatoms. The first kappa shape index (κ1) is 15.0. The van der Waals surface area contributed by atoms with Gasteiger partial charge in [-0.15, -0.1) is 0 Å². The molecule has 1 saturated carbocycles. The highest BCUT2D eigenvalue weighted by Gasteiger charge is 2.42. The van der Waals surface area contributed by atoms with Crippen LogP contribution in [0.2, 0.25) is 0 Å². The second-order valence-electron chi connectivity index (χ2n) is 4.98. The molecule has 0 bridgehead atoms. The molecule has 1 N–H and O–H groups in total. The molecular weight excluding hydrogens is 280 g/mol. The molecule has 2 rings (SSSR count). The summed E-state index contributed by atoms with van der Waals surface area (Å²) in [5.74, 6) is -1.88. The Kier molecular flexibility index (Phi) is 4.25. The maximum atomic E-state index is 12.1. The highest BCUT2D eigenvalue weighted by molar-refractivity contribution is 5.96. The van der Waals surface area contributed by atoms with E-state index < -0.39 is 28.2 Å². The lowest BCUT2D eigenvalue weighted by atomic mass is 9.81. The molecule has 114 valence electrons. The predicted molar refractivity (Wildman–Crippen MR) is 70.7 cm³/mol. The molecule has 0 saturated heterocycles. The van der Waals surface area contributed by atoms with Crippen molar-refractivity contribution < 1.29 is 23.7 Å². The molecule has 1 fully saturated rings. The van der Waals surface area contributed by atoms with Gasteiger partial charge in [0, 0.05) is 0 Å². The van der Waals surface area contributed by atoms with Gasteiger partial charge in [0.15, 0.2) is 5.76 Å². The van der Waals surface area contributed by atoms with Gasteiger partial charge in [-0.3, -0.25) is 14.9 Å². The minimum Gasteiger partial charge on any atom is -0.467 e. The van der Waals surface area contributed by atoms with Crippen LogP contribution in [0.15, 0.2) is 16.5 Å². The van der Waals surface area contributed by atoms with Gasteiger partial charge < -0.3 is 14.5 Å². The van der Waals surface area contributed by atoms with Crippen LogP contribution in [0.1, 0.15) is 42.7 Å². The summed E-state index contributed by atoms with van der Waals surface area (Å²) in [5, 5.41) is 13.2. The van der Waals surface area contributed by atoms with Gasteiger partial charge in [0.05, 0.1) is 13.2 Å². The third-order valence-electron chi connectivity index (χ3n) is 3.63. The van der Waals surface area contributed by atoms with Crippen molar-refractivity contribution in [2.45, 2.75) is 37.6 Å². The van der Waals surface area contributed by atoms with Crippen LogP contribution in [0.4, 0.5) is 5.88 Å². The fraction of sp³-hybridized carbons (Fsp3) is 0.538. The van der Waals surface area contributed by atoms with Crippen molar-refractivity contribution in [1.82, 2.24) is 5.32 Å². The number of esters is 1. The molecule has 0 unspecified atom stereocenters. The molecule has 1 amide bonds. The third kappa shape index (κ3) is 3.04. The number of ether oxygens (including phenoxy) is 1. The summed E-state index contributed by atoms with van der Waals surface area (Å²) in [6, 6.07) is 2.31. The van der Waals surface area contributed by atoms with Crippen LogP contribution in [-0.4, -0.2) is 29.4 Å². The highest BCUT2D eigenvalue weighted by atomic mass is 16.6. The lowest BCUT2D eigenvalue weighted by Gasteiger charge is -2.34. The van der Waals surface area contributed by atoms with E-state index in [9.17, 15) is 19.7 Å². The summed E-state index contributed by atoms with van der Waals surface area (Å²) >= 11 is 0. The Morgan fingerprint density at radius 2 is 2.00 bits per heavy atom. The van der Waals surface area contributed by atoms with Crippen molar-refractivity contribution >= 4 is 17.8 Å². The Morgan fingerprint density at radius 1 is 1.33 bits per heavy atom. The van der Waals surface area contributed by atoms with Crippen molar-refractivity contribution in [3.8, 4) is 0 Å². The molecule has 0 radical (unpaired) electrons.